The summed E-state index contributed by atoms with van der Waals surface area (Å²) in [6.45, 7) is 3.34. The molecule has 1 heterocycles. The Morgan fingerprint density at radius 3 is 2.44 bits per heavy atom. The molecule has 0 amide bonds. The molecule has 1 rings (SSSR count). The first-order chi connectivity index (χ1) is 8.27. The van der Waals surface area contributed by atoms with E-state index in [0.717, 1.165) is 0 Å². The minimum atomic E-state index is -3.74. The summed E-state index contributed by atoms with van der Waals surface area (Å²) in [4.78, 5) is 6.33. The molecule has 1 aromatic heterocycles. The molecule has 0 saturated heterocycles. The van der Waals surface area contributed by atoms with Gasteiger partial charge in [-0.2, -0.15) is 0 Å². The summed E-state index contributed by atoms with van der Waals surface area (Å²) in [7, 11) is -7.17. The smallest absolute Gasteiger partial charge is 0.257 e. The quantitative estimate of drug-likeness (QED) is 0.592. The molecule has 0 aliphatic heterocycles. The summed E-state index contributed by atoms with van der Waals surface area (Å²) >= 11 is 0. The fraction of sp³-hybridized carbons (Fsp3) is 0.625. The number of hydrogen-bond acceptors (Lipinski definition) is 5. The first kappa shape index (κ1) is 15.1. The van der Waals surface area contributed by atoms with Gasteiger partial charge in [-0.3, -0.25) is 0 Å². The molecule has 0 spiro atoms. The Morgan fingerprint density at radius 1 is 1.28 bits per heavy atom. The van der Waals surface area contributed by atoms with Gasteiger partial charge in [-0.25, -0.2) is 31.3 Å². The third-order valence-electron chi connectivity index (χ3n) is 2.00. The summed E-state index contributed by atoms with van der Waals surface area (Å²) in [5, 5.41) is -0.0825. The molecule has 0 saturated carbocycles. The average molecular weight is 296 g/mol. The van der Waals surface area contributed by atoms with Crippen molar-refractivity contribution in [2.45, 2.75) is 18.9 Å². The molecule has 0 fully saturated rings. The number of imidazole rings is 1. The topological polar surface area (TPSA) is 121 Å². The van der Waals surface area contributed by atoms with Crippen LogP contribution in [0, 0.1) is 6.92 Å². The van der Waals surface area contributed by atoms with Gasteiger partial charge in [0.25, 0.3) is 10.0 Å². The van der Waals surface area contributed by atoms with Gasteiger partial charge < -0.3 is 4.98 Å². The van der Waals surface area contributed by atoms with Gasteiger partial charge in [0.2, 0.25) is 10.0 Å². The molecule has 18 heavy (non-hydrogen) atoms. The van der Waals surface area contributed by atoms with Gasteiger partial charge in [-0.05, 0) is 6.92 Å². The van der Waals surface area contributed by atoms with E-state index in [1.807, 2.05) is 0 Å². The minimum absolute atomic E-state index is 0.0825. The van der Waals surface area contributed by atoms with E-state index < -0.39 is 20.0 Å². The van der Waals surface area contributed by atoms with Gasteiger partial charge in [0, 0.05) is 13.1 Å². The Kier molecular flexibility index (Phi) is 4.85. The lowest BCUT2D eigenvalue weighted by Crippen LogP contribution is -2.34. The Hall–Kier alpha value is -0.970. The van der Waals surface area contributed by atoms with Gasteiger partial charge in [0.05, 0.1) is 11.9 Å². The van der Waals surface area contributed by atoms with Crippen molar-refractivity contribution in [1.82, 2.24) is 19.4 Å². The molecule has 104 valence electrons. The van der Waals surface area contributed by atoms with Crippen LogP contribution in [0.4, 0.5) is 0 Å². The highest BCUT2D eigenvalue weighted by Crippen LogP contribution is 2.04. The van der Waals surface area contributed by atoms with Crippen molar-refractivity contribution in [3.8, 4) is 0 Å². The Bertz CT molecular complexity index is 590. The van der Waals surface area contributed by atoms with E-state index in [-0.39, 0.29) is 23.9 Å². The van der Waals surface area contributed by atoms with E-state index in [4.69, 9.17) is 0 Å². The molecular formula is C8H16N4O4S2. The fourth-order valence-corrected chi connectivity index (χ4v) is 3.30. The summed E-state index contributed by atoms with van der Waals surface area (Å²) in [6, 6.07) is 0. The number of hydrogen-bond donors (Lipinski definition) is 3. The molecule has 8 nitrogen and oxygen atoms in total. The standard InChI is InChI=1S/C8H16N4O4S2/c1-3-10-17(13,14)5-4-11-18(15,16)8-6-9-7(2)12-8/h6,10-11H,3-5H2,1-2H3,(H,9,12). The zero-order valence-electron chi connectivity index (χ0n) is 10.1. The van der Waals surface area contributed by atoms with Crippen LogP contribution in [0.3, 0.4) is 0 Å². The second-order valence-corrected chi connectivity index (χ2v) is 7.21. The van der Waals surface area contributed by atoms with E-state index in [0.29, 0.717) is 5.82 Å². The number of nitrogens with zero attached hydrogens (tertiary/aromatic N) is 1. The van der Waals surface area contributed by atoms with Gasteiger partial charge >= 0.3 is 0 Å². The predicted molar refractivity (Wildman–Crippen MR) is 66.0 cm³/mol. The average Bonchev–Trinajstić information content (AvgIpc) is 2.64. The number of aromatic amines is 1. The van der Waals surface area contributed by atoms with Crippen molar-refractivity contribution < 1.29 is 16.8 Å². The van der Waals surface area contributed by atoms with Gasteiger partial charge in [-0.15, -0.1) is 0 Å². The molecule has 0 aliphatic carbocycles. The van der Waals surface area contributed by atoms with Gasteiger partial charge in [-0.1, -0.05) is 6.92 Å². The van der Waals surface area contributed by atoms with Crippen molar-refractivity contribution >= 4 is 20.0 Å². The van der Waals surface area contributed by atoms with Gasteiger partial charge in [0.15, 0.2) is 5.03 Å². The second kappa shape index (κ2) is 5.78. The number of nitrogens with one attached hydrogen (secondary N) is 3. The predicted octanol–water partition coefficient (Wildman–Crippen LogP) is -1.06. The number of rotatable bonds is 7. The molecule has 0 aromatic carbocycles. The number of sulfonamides is 2. The summed E-state index contributed by atoms with van der Waals surface area (Å²) in [6.07, 6.45) is 1.18. The van der Waals surface area contributed by atoms with Crippen molar-refractivity contribution in [2.75, 3.05) is 18.8 Å². The summed E-state index contributed by atoms with van der Waals surface area (Å²) in [5.74, 6) is 0.156. The van der Waals surface area contributed by atoms with Crippen LogP contribution < -0.4 is 9.44 Å². The SMILES string of the molecule is CCNS(=O)(=O)CCNS(=O)(=O)c1cnc(C)[nH]1. The first-order valence-corrected chi connectivity index (χ1v) is 8.39. The molecule has 0 aliphatic rings. The summed E-state index contributed by atoms with van der Waals surface area (Å²) < 4.78 is 50.4. The van der Waals surface area contributed by atoms with Crippen LogP contribution in [0.15, 0.2) is 11.2 Å². The molecule has 0 unspecified atom stereocenters. The number of H-pyrrole nitrogens is 1. The van der Waals surface area contributed by atoms with Gasteiger partial charge in [0.1, 0.15) is 5.82 Å². The van der Waals surface area contributed by atoms with Crippen molar-refractivity contribution in [3.63, 3.8) is 0 Å². The van der Waals surface area contributed by atoms with Crippen LogP contribution >= 0.6 is 0 Å². The zero-order valence-corrected chi connectivity index (χ0v) is 11.7. The van der Waals surface area contributed by atoms with Crippen LogP contribution in [0.25, 0.3) is 0 Å². The van der Waals surface area contributed by atoms with E-state index in [9.17, 15) is 16.8 Å². The van der Waals surface area contributed by atoms with Crippen LogP contribution in [-0.4, -0.2) is 45.6 Å². The highest BCUT2D eigenvalue weighted by Gasteiger charge is 2.17. The molecule has 10 heteroatoms. The van der Waals surface area contributed by atoms with E-state index in [1.54, 1.807) is 13.8 Å². The summed E-state index contributed by atoms with van der Waals surface area (Å²) in [5.41, 5.74) is 0. The maximum absolute atomic E-state index is 11.7. The number of aromatic nitrogens is 2. The second-order valence-electron chi connectivity index (χ2n) is 3.55. The lowest BCUT2D eigenvalue weighted by molar-refractivity contribution is 0.574. The van der Waals surface area contributed by atoms with Crippen LogP contribution in [0.5, 0.6) is 0 Å². The van der Waals surface area contributed by atoms with E-state index >= 15 is 0 Å². The Labute approximate surface area is 106 Å². The number of aryl methyl sites for hydroxylation is 1. The monoisotopic (exact) mass is 296 g/mol. The molecular weight excluding hydrogens is 280 g/mol. The maximum Gasteiger partial charge on any atom is 0.257 e. The van der Waals surface area contributed by atoms with Crippen LogP contribution in [0.2, 0.25) is 0 Å². The van der Waals surface area contributed by atoms with Crippen LogP contribution in [0.1, 0.15) is 12.7 Å². The first-order valence-electron chi connectivity index (χ1n) is 5.25. The lowest BCUT2D eigenvalue weighted by Gasteiger charge is -2.06. The lowest BCUT2D eigenvalue weighted by atomic mass is 10.8. The highest BCUT2D eigenvalue weighted by molar-refractivity contribution is 7.90. The molecule has 3 N–H and O–H groups in total. The molecule has 1 aromatic rings. The Balaban J connectivity index is 2.59. The molecule has 0 atom stereocenters. The maximum atomic E-state index is 11.7. The highest BCUT2D eigenvalue weighted by atomic mass is 32.2. The largest absolute Gasteiger partial charge is 0.332 e. The van der Waals surface area contributed by atoms with Crippen molar-refractivity contribution in [3.05, 3.63) is 12.0 Å². The third-order valence-corrected chi connectivity index (χ3v) is 4.84. The van der Waals surface area contributed by atoms with Crippen molar-refractivity contribution in [1.29, 1.82) is 0 Å². The Morgan fingerprint density at radius 2 is 1.94 bits per heavy atom. The third kappa shape index (κ3) is 4.37. The fourth-order valence-electron chi connectivity index (χ4n) is 1.22. The van der Waals surface area contributed by atoms with E-state index in [1.165, 1.54) is 6.20 Å². The molecule has 0 radical (unpaired) electrons. The van der Waals surface area contributed by atoms with Crippen LogP contribution in [-0.2, 0) is 20.0 Å². The van der Waals surface area contributed by atoms with E-state index in [2.05, 4.69) is 19.4 Å². The zero-order chi connectivity index (χ0) is 13.8. The normalized spacial score (nSPS) is 12.8. The molecule has 0 bridgehead atoms. The minimum Gasteiger partial charge on any atom is -0.332 e. The van der Waals surface area contributed by atoms with Crippen molar-refractivity contribution in [2.24, 2.45) is 0 Å².